The highest BCUT2D eigenvalue weighted by atomic mass is 16.2. The standard InChI is InChI=1S/C27H40N2O/c1-7-8-9-13-23(22-14-10-12-21(6)17-22)18-28-27(30)29-26-24(19(2)3)15-11-16-25(26)20(4)5/h10-12,14-17,19-20,23H,7-9,13,18H2,1-6H3,(H2,28,29,30). The third-order valence-corrected chi connectivity index (χ3v) is 5.79. The second kappa shape index (κ2) is 11.8. The predicted molar refractivity (Wildman–Crippen MR) is 130 cm³/mol. The molecule has 0 saturated carbocycles. The molecule has 0 aliphatic rings. The summed E-state index contributed by atoms with van der Waals surface area (Å²) >= 11 is 0. The number of hydrogen-bond donors (Lipinski definition) is 2. The number of aryl methyl sites for hydroxylation is 1. The molecule has 0 aliphatic heterocycles. The molecule has 2 N–H and O–H groups in total. The van der Waals surface area contributed by atoms with Crippen LogP contribution in [-0.2, 0) is 0 Å². The highest BCUT2D eigenvalue weighted by Crippen LogP contribution is 2.32. The topological polar surface area (TPSA) is 41.1 Å². The van der Waals surface area contributed by atoms with Crippen molar-refractivity contribution in [2.24, 2.45) is 0 Å². The lowest BCUT2D eigenvalue weighted by Gasteiger charge is -2.22. The van der Waals surface area contributed by atoms with Crippen molar-refractivity contribution < 1.29 is 4.79 Å². The molecule has 3 heteroatoms. The van der Waals surface area contributed by atoms with Gasteiger partial charge in [-0.3, -0.25) is 0 Å². The van der Waals surface area contributed by atoms with Gasteiger partial charge in [-0.15, -0.1) is 0 Å². The van der Waals surface area contributed by atoms with Gasteiger partial charge in [0.05, 0.1) is 0 Å². The first-order valence-electron chi connectivity index (χ1n) is 11.6. The molecule has 0 radical (unpaired) electrons. The fourth-order valence-electron chi connectivity index (χ4n) is 4.02. The highest BCUT2D eigenvalue weighted by molar-refractivity contribution is 5.91. The van der Waals surface area contributed by atoms with Crippen molar-refractivity contribution in [2.45, 2.75) is 85.0 Å². The summed E-state index contributed by atoms with van der Waals surface area (Å²) in [7, 11) is 0. The van der Waals surface area contributed by atoms with E-state index in [-0.39, 0.29) is 6.03 Å². The van der Waals surface area contributed by atoms with Crippen molar-refractivity contribution in [1.82, 2.24) is 5.32 Å². The summed E-state index contributed by atoms with van der Waals surface area (Å²) in [5.41, 5.74) is 5.93. The van der Waals surface area contributed by atoms with E-state index in [1.807, 2.05) is 0 Å². The molecule has 2 rings (SSSR count). The molecule has 2 amide bonds. The second-order valence-corrected chi connectivity index (χ2v) is 9.06. The molecule has 0 spiro atoms. The largest absolute Gasteiger partial charge is 0.337 e. The normalized spacial score (nSPS) is 12.3. The summed E-state index contributed by atoms with van der Waals surface area (Å²) in [5, 5.41) is 6.34. The van der Waals surface area contributed by atoms with E-state index in [0.29, 0.717) is 24.3 Å². The first kappa shape index (κ1) is 24.0. The minimum absolute atomic E-state index is 0.113. The number of para-hydroxylation sites is 1. The molecule has 0 saturated heterocycles. The van der Waals surface area contributed by atoms with E-state index in [0.717, 1.165) is 12.1 Å². The Morgan fingerprint density at radius 1 is 0.933 bits per heavy atom. The average molecular weight is 409 g/mol. The molecular weight excluding hydrogens is 368 g/mol. The Bertz CT molecular complexity index is 784. The van der Waals surface area contributed by atoms with Gasteiger partial charge in [0, 0.05) is 18.2 Å². The van der Waals surface area contributed by atoms with Gasteiger partial charge < -0.3 is 10.6 Å². The number of nitrogens with one attached hydrogen (secondary N) is 2. The molecular formula is C27H40N2O. The average Bonchev–Trinajstić information content (AvgIpc) is 2.70. The van der Waals surface area contributed by atoms with Gasteiger partial charge in [0.2, 0.25) is 0 Å². The molecule has 2 aromatic rings. The number of anilines is 1. The Morgan fingerprint density at radius 3 is 2.13 bits per heavy atom. The summed E-state index contributed by atoms with van der Waals surface area (Å²) in [4.78, 5) is 12.9. The van der Waals surface area contributed by atoms with Crippen LogP contribution in [0.2, 0.25) is 0 Å². The van der Waals surface area contributed by atoms with Crippen LogP contribution in [0.1, 0.15) is 100 Å². The number of carbonyl (C=O) groups excluding carboxylic acids is 1. The van der Waals surface area contributed by atoms with Gasteiger partial charge >= 0.3 is 6.03 Å². The van der Waals surface area contributed by atoms with E-state index in [2.05, 4.69) is 94.6 Å². The summed E-state index contributed by atoms with van der Waals surface area (Å²) in [5.74, 6) is 1.05. The van der Waals surface area contributed by atoms with Gasteiger partial charge in [0.25, 0.3) is 0 Å². The lowest BCUT2D eigenvalue weighted by Crippen LogP contribution is -2.33. The molecule has 0 fully saturated rings. The van der Waals surface area contributed by atoms with Crippen LogP contribution in [0.5, 0.6) is 0 Å². The number of benzene rings is 2. The lowest BCUT2D eigenvalue weighted by molar-refractivity contribution is 0.251. The van der Waals surface area contributed by atoms with Crippen LogP contribution in [0.4, 0.5) is 10.5 Å². The Hall–Kier alpha value is -2.29. The van der Waals surface area contributed by atoms with Crippen LogP contribution in [0.15, 0.2) is 42.5 Å². The third kappa shape index (κ3) is 6.90. The molecule has 164 valence electrons. The molecule has 0 heterocycles. The summed E-state index contributed by atoms with van der Waals surface area (Å²) in [6, 6.07) is 14.9. The van der Waals surface area contributed by atoms with E-state index in [4.69, 9.17) is 0 Å². The molecule has 3 nitrogen and oxygen atoms in total. The highest BCUT2D eigenvalue weighted by Gasteiger charge is 2.17. The van der Waals surface area contributed by atoms with Crippen molar-refractivity contribution >= 4 is 11.7 Å². The minimum atomic E-state index is -0.113. The van der Waals surface area contributed by atoms with Crippen molar-refractivity contribution in [3.8, 4) is 0 Å². The van der Waals surface area contributed by atoms with Gasteiger partial charge in [-0.25, -0.2) is 4.79 Å². The zero-order valence-corrected chi connectivity index (χ0v) is 19.7. The van der Waals surface area contributed by atoms with Crippen LogP contribution in [0.3, 0.4) is 0 Å². The van der Waals surface area contributed by atoms with Crippen molar-refractivity contribution in [2.75, 3.05) is 11.9 Å². The number of carbonyl (C=O) groups is 1. The van der Waals surface area contributed by atoms with Crippen LogP contribution < -0.4 is 10.6 Å². The number of urea groups is 1. The maximum atomic E-state index is 12.9. The smallest absolute Gasteiger partial charge is 0.319 e. The van der Waals surface area contributed by atoms with E-state index in [1.54, 1.807) is 0 Å². The fraction of sp³-hybridized carbons (Fsp3) is 0.519. The Balaban J connectivity index is 2.12. The summed E-state index contributed by atoms with van der Waals surface area (Å²) in [6.45, 7) is 13.7. The zero-order valence-electron chi connectivity index (χ0n) is 19.7. The number of unbranched alkanes of at least 4 members (excludes halogenated alkanes) is 2. The summed E-state index contributed by atoms with van der Waals surface area (Å²) in [6.07, 6.45) is 4.72. The van der Waals surface area contributed by atoms with Gasteiger partial charge in [-0.1, -0.05) is 102 Å². The molecule has 1 unspecified atom stereocenters. The Morgan fingerprint density at radius 2 is 1.57 bits per heavy atom. The van der Waals surface area contributed by atoms with Crippen LogP contribution in [-0.4, -0.2) is 12.6 Å². The van der Waals surface area contributed by atoms with E-state index in [1.165, 1.54) is 41.5 Å². The number of rotatable bonds is 10. The van der Waals surface area contributed by atoms with Crippen molar-refractivity contribution in [3.63, 3.8) is 0 Å². The monoisotopic (exact) mass is 408 g/mol. The second-order valence-electron chi connectivity index (χ2n) is 9.06. The molecule has 30 heavy (non-hydrogen) atoms. The maximum absolute atomic E-state index is 12.9. The quantitative estimate of drug-likeness (QED) is 0.388. The van der Waals surface area contributed by atoms with Gasteiger partial charge in [-0.05, 0) is 41.9 Å². The van der Waals surface area contributed by atoms with Crippen LogP contribution in [0, 0.1) is 6.92 Å². The fourth-order valence-corrected chi connectivity index (χ4v) is 4.02. The zero-order chi connectivity index (χ0) is 22.1. The first-order chi connectivity index (χ1) is 14.3. The maximum Gasteiger partial charge on any atom is 0.319 e. The lowest BCUT2D eigenvalue weighted by atomic mass is 9.92. The summed E-state index contributed by atoms with van der Waals surface area (Å²) < 4.78 is 0. The number of amides is 2. The first-order valence-corrected chi connectivity index (χ1v) is 11.6. The molecule has 0 bridgehead atoms. The van der Waals surface area contributed by atoms with E-state index in [9.17, 15) is 4.79 Å². The van der Waals surface area contributed by atoms with Gasteiger partial charge in [0.1, 0.15) is 0 Å². The number of hydrogen-bond acceptors (Lipinski definition) is 1. The minimum Gasteiger partial charge on any atom is -0.337 e. The molecule has 0 aliphatic carbocycles. The van der Waals surface area contributed by atoms with Crippen LogP contribution in [0.25, 0.3) is 0 Å². The van der Waals surface area contributed by atoms with Crippen molar-refractivity contribution in [1.29, 1.82) is 0 Å². The Labute approximate surface area is 183 Å². The van der Waals surface area contributed by atoms with Gasteiger partial charge in [0.15, 0.2) is 0 Å². The molecule has 2 aromatic carbocycles. The SMILES string of the molecule is CCCCCC(CNC(=O)Nc1c(C(C)C)cccc1C(C)C)c1cccc(C)c1. The third-order valence-electron chi connectivity index (χ3n) is 5.79. The van der Waals surface area contributed by atoms with Crippen molar-refractivity contribution in [3.05, 3.63) is 64.7 Å². The Kier molecular flexibility index (Phi) is 9.42. The van der Waals surface area contributed by atoms with E-state index >= 15 is 0 Å². The van der Waals surface area contributed by atoms with Crippen LogP contribution >= 0.6 is 0 Å². The van der Waals surface area contributed by atoms with E-state index < -0.39 is 0 Å². The molecule has 0 aromatic heterocycles. The van der Waals surface area contributed by atoms with Gasteiger partial charge in [-0.2, -0.15) is 0 Å². The molecule has 1 atom stereocenters. The predicted octanol–water partition coefficient (Wildman–Crippen LogP) is 7.73.